The zero-order chi connectivity index (χ0) is 11.7. The van der Waals surface area contributed by atoms with Crippen LogP contribution in [0.4, 0.5) is 0 Å². The van der Waals surface area contributed by atoms with Gasteiger partial charge in [-0.2, -0.15) is 0 Å². The van der Waals surface area contributed by atoms with Gasteiger partial charge in [-0.25, -0.2) is 0 Å². The first-order chi connectivity index (χ1) is 7.49. The molecule has 0 radical (unpaired) electrons. The van der Waals surface area contributed by atoms with Crippen LogP contribution >= 0.6 is 0 Å². The van der Waals surface area contributed by atoms with Crippen LogP contribution in [0.5, 0.6) is 0 Å². The van der Waals surface area contributed by atoms with Gasteiger partial charge < -0.3 is 0 Å². The van der Waals surface area contributed by atoms with Crippen LogP contribution in [0.25, 0.3) is 0 Å². The zero-order valence-electron chi connectivity index (χ0n) is 8.56. The SMILES string of the molecule is O[As](O)(O)(c1ccccc1)c1ccccc1. The summed E-state index contributed by atoms with van der Waals surface area (Å²) in [5.74, 6) is 0. The summed E-state index contributed by atoms with van der Waals surface area (Å²) < 4.78 is 31.0. The van der Waals surface area contributed by atoms with Crippen LogP contribution in [0.1, 0.15) is 0 Å². The molecule has 0 spiro atoms. The van der Waals surface area contributed by atoms with E-state index >= 15 is 0 Å². The summed E-state index contributed by atoms with van der Waals surface area (Å²) in [4.78, 5) is 0. The zero-order valence-corrected chi connectivity index (χ0v) is 10.4. The Morgan fingerprint density at radius 1 is 0.562 bits per heavy atom. The Morgan fingerprint density at radius 2 is 0.875 bits per heavy atom. The van der Waals surface area contributed by atoms with E-state index in [4.69, 9.17) is 0 Å². The molecule has 0 aliphatic heterocycles. The first kappa shape index (κ1) is 11.4. The van der Waals surface area contributed by atoms with Crippen LogP contribution in [0, 0.1) is 0 Å². The average Bonchev–Trinajstić information content (AvgIpc) is 2.31. The minimum atomic E-state index is -5.52. The van der Waals surface area contributed by atoms with Crippen molar-refractivity contribution in [3.63, 3.8) is 0 Å². The molecule has 3 N–H and O–H groups in total. The molecule has 0 aromatic heterocycles. The molecule has 0 unspecified atom stereocenters. The van der Waals surface area contributed by atoms with Crippen molar-refractivity contribution in [2.45, 2.75) is 0 Å². The molecule has 0 amide bonds. The van der Waals surface area contributed by atoms with Gasteiger partial charge in [0.2, 0.25) is 0 Å². The van der Waals surface area contributed by atoms with E-state index in [1.807, 2.05) is 0 Å². The van der Waals surface area contributed by atoms with Gasteiger partial charge in [-0.3, -0.25) is 0 Å². The average molecular weight is 280 g/mol. The van der Waals surface area contributed by atoms with Crippen LogP contribution in [-0.2, 0) is 0 Å². The molecule has 2 aromatic rings. The second-order valence-electron chi connectivity index (χ2n) is 3.65. The molecule has 0 atom stereocenters. The van der Waals surface area contributed by atoms with Crippen molar-refractivity contribution in [2.24, 2.45) is 0 Å². The predicted octanol–water partition coefficient (Wildman–Crippen LogP) is -0.329. The topological polar surface area (TPSA) is 60.7 Å². The van der Waals surface area contributed by atoms with Crippen molar-refractivity contribution < 1.29 is 12.3 Å². The van der Waals surface area contributed by atoms with E-state index in [0.717, 1.165) is 0 Å². The summed E-state index contributed by atoms with van der Waals surface area (Å²) in [6, 6.07) is 16.3. The van der Waals surface area contributed by atoms with Gasteiger partial charge in [0.1, 0.15) is 0 Å². The van der Waals surface area contributed by atoms with Gasteiger partial charge in [0.15, 0.2) is 0 Å². The van der Waals surface area contributed by atoms with E-state index in [1.165, 1.54) is 24.3 Å². The molecule has 0 bridgehead atoms. The van der Waals surface area contributed by atoms with Gasteiger partial charge in [0.25, 0.3) is 0 Å². The number of hydrogen-bond donors (Lipinski definition) is 3. The van der Waals surface area contributed by atoms with Gasteiger partial charge in [-0.15, -0.1) is 0 Å². The van der Waals surface area contributed by atoms with Crippen LogP contribution in [0.2, 0.25) is 0 Å². The molecule has 0 saturated carbocycles. The molecule has 4 heteroatoms. The molecular formula is C12H13AsO3. The molecular weight excluding hydrogens is 267 g/mol. The van der Waals surface area contributed by atoms with Crippen molar-refractivity contribution in [3.05, 3.63) is 60.7 Å². The van der Waals surface area contributed by atoms with Crippen LogP contribution in [0.15, 0.2) is 60.7 Å². The molecule has 2 rings (SSSR count). The fourth-order valence-corrected chi connectivity index (χ4v) is 5.21. The molecule has 2 aromatic carbocycles. The summed E-state index contributed by atoms with van der Waals surface area (Å²) in [6.07, 6.45) is 0. The quantitative estimate of drug-likeness (QED) is 0.660. The Labute approximate surface area is 95.3 Å². The first-order valence-electron chi connectivity index (χ1n) is 4.87. The summed E-state index contributed by atoms with van der Waals surface area (Å²) in [5.41, 5.74) is 0. The van der Waals surface area contributed by atoms with Crippen molar-refractivity contribution in [2.75, 3.05) is 0 Å². The van der Waals surface area contributed by atoms with Gasteiger partial charge in [0, 0.05) is 0 Å². The van der Waals surface area contributed by atoms with E-state index in [-0.39, 0.29) is 8.70 Å². The monoisotopic (exact) mass is 280 g/mol. The van der Waals surface area contributed by atoms with Crippen molar-refractivity contribution in [3.8, 4) is 0 Å². The van der Waals surface area contributed by atoms with Crippen LogP contribution < -0.4 is 8.70 Å². The van der Waals surface area contributed by atoms with Crippen molar-refractivity contribution >= 4 is 22.2 Å². The number of hydrogen-bond acceptors (Lipinski definition) is 3. The Morgan fingerprint density at radius 3 is 1.19 bits per heavy atom. The predicted molar refractivity (Wildman–Crippen MR) is 64.6 cm³/mol. The summed E-state index contributed by atoms with van der Waals surface area (Å²) in [7, 11) is 0. The molecule has 84 valence electrons. The van der Waals surface area contributed by atoms with E-state index in [1.54, 1.807) is 36.4 Å². The fraction of sp³-hybridized carbons (Fsp3) is 0. The summed E-state index contributed by atoms with van der Waals surface area (Å²) >= 11 is -5.52. The second kappa shape index (κ2) is 3.72. The molecule has 0 aliphatic carbocycles. The van der Waals surface area contributed by atoms with Gasteiger partial charge in [-0.05, 0) is 0 Å². The molecule has 3 nitrogen and oxygen atoms in total. The van der Waals surface area contributed by atoms with Gasteiger partial charge in [-0.1, -0.05) is 0 Å². The summed E-state index contributed by atoms with van der Waals surface area (Å²) in [5, 5.41) is 0. The van der Waals surface area contributed by atoms with E-state index in [0.29, 0.717) is 0 Å². The Bertz CT molecular complexity index is 430. The molecule has 0 fully saturated rings. The normalized spacial score (nSPS) is 14.1. The maximum atomic E-state index is 10.2. The van der Waals surface area contributed by atoms with Crippen molar-refractivity contribution in [1.82, 2.24) is 0 Å². The standard InChI is InChI=1S/C12H13AsO3/c14-13(15,16,11-7-3-1-4-8-11)12-9-5-2-6-10-12/h1-10,14-16H. The number of rotatable bonds is 2. The third kappa shape index (κ3) is 1.91. The first-order valence-corrected chi connectivity index (χ1v) is 9.26. The maximum absolute atomic E-state index is 10.2. The minimum absolute atomic E-state index is 0.187. The molecule has 0 saturated heterocycles. The number of benzene rings is 2. The Balaban J connectivity index is 2.60. The second-order valence-corrected chi connectivity index (χ2v) is 9.93. The Kier molecular flexibility index (Phi) is 2.64. The third-order valence-corrected chi connectivity index (χ3v) is 7.71. The van der Waals surface area contributed by atoms with Crippen LogP contribution in [-0.4, -0.2) is 25.8 Å². The third-order valence-electron chi connectivity index (χ3n) is 2.46. The van der Waals surface area contributed by atoms with Gasteiger partial charge >= 0.3 is 95.1 Å². The molecule has 0 aliphatic rings. The van der Waals surface area contributed by atoms with Crippen LogP contribution in [0.3, 0.4) is 0 Å². The summed E-state index contributed by atoms with van der Waals surface area (Å²) in [6.45, 7) is 0. The molecule has 0 heterocycles. The van der Waals surface area contributed by atoms with Gasteiger partial charge in [0.05, 0.1) is 0 Å². The molecule has 16 heavy (non-hydrogen) atoms. The fourth-order valence-electron chi connectivity index (χ4n) is 1.55. The van der Waals surface area contributed by atoms with E-state index < -0.39 is 13.5 Å². The van der Waals surface area contributed by atoms with Crippen molar-refractivity contribution in [1.29, 1.82) is 0 Å². The van der Waals surface area contributed by atoms with E-state index in [2.05, 4.69) is 0 Å². The Hall–Kier alpha value is -1.12. The van der Waals surface area contributed by atoms with E-state index in [9.17, 15) is 12.3 Å².